The van der Waals surface area contributed by atoms with Crippen molar-refractivity contribution in [2.75, 3.05) is 13.2 Å². The first-order valence-corrected chi connectivity index (χ1v) is 8.11. The van der Waals surface area contributed by atoms with Gasteiger partial charge in [0.1, 0.15) is 0 Å². The Hall–Kier alpha value is -2.21. The Bertz CT molecular complexity index is 658. The fourth-order valence-electron chi connectivity index (χ4n) is 3.83. The molecule has 2 fully saturated rings. The van der Waals surface area contributed by atoms with Crippen molar-refractivity contribution in [2.45, 2.75) is 31.5 Å². The number of amides is 1. The second-order valence-electron chi connectivity index (χ2n) is 6.24. The van der Waals surface area contributed by atoms with Crippen LogP contribution in [0.15, 0.2) is 43.2 Å². The molecule has 2 aliphatic rings. The molecular formula is C17H20N4O2. The lowest BCUT2D eigenvalue weighted by Gasteiger charge is -2.39. The van der Waals surface area contributed by atoms with Gasteiger partial charge in [0, 0.05) is 43.8 Å². The monoisotopic (exact) mass is 312 g/mol. The molecule has 3 atom stereocenters. The number of aromatic nitrogens is 3. The van der Waals surface area contributed by atoms with Crippen molar-refractivity contribution in [3.05, 3.63) is 48.8 Å². The van der Waals surface area contributed by atoms with E-state index in [4.69, 9.17) is 4.74 Å². The van der Waals surface area contributed by atoms with Crippen LogP contribution < -0.4 is 0 Å². The molecule has 1 amide bonds. The molecule has 3 unspecified atom stereocenters. The molecular weight excluding hydrogens is 292 g/mol. The van der Waals surface area contributed by atoms with Gasteiger partial charge >= 0.3 is 0 Å². The molecule has 1 aliphatic heterocycles. The van der Waals surface area contributed by atoms with Crippen molar-refractivity contribution in [3.8, 4) is 0 Å². The minimum absolute atomic E-state index is 0.0691. The van der Waals surface area contributed by atoms with Crippen LogP contribution in [0.5, 0.6) is 0 Å². The maximum absolute atomic E-state index is 12.8. The van der Waals surface area contributed by atoms with Crippen molar-refractivity contribution in [2.24, 2.45) is 5.92 Å². The molecule has 6 heteroatoms. The van der Waals surface area contributed by atoms with Gasteiger partial charge in [-0.05, 0) is 25.0 Å². The van der Waals surface area contributed by atoms with E-state index in [0.717, 1.165) is 19.4 Å². The van der Waals surface area contributed by atoms with Gasteiger partial charge in [-0.1, -0.05) is 0 Å². The summed E-state index contributed by atoms with van der Waals surface area (Å²) in [4.78, 5) is 22.9. The van der Waals surface area contributed by atoms with E-state index in [-0.39, 0.29) is 18.1 Å². The molecule has 4 rings (SSSR count). The molecule has 1 saturated heterocycles. The maximum Gasteiger partial charge on any atom is 0.255 e. The van der Waals surface area contributed by atoms with Crippen molar-refractivity contribution < 1.29 is 9.53 Å². The van der Waals surface area contributed by atoms with Crippen molar-refractivity contribution in [1.29, 1.82) is 0 Å². The molecule has 0 radical (unpaired) electrons. The van der Waals surface area contributed by atoms with Crippen molar-refractivity contribution in [1.82, 2.24) is 19.4 Å². The van der Waals surface area contributed by atoms with Crippen LogP contribution in [-0.2, 0) is 11.3 Å². The minimum atomic E-state index is 0.0691. The van der Waals surface area contributed by atoms with Gasteiger partial charge in [-0.3, -0.25) is 9.78 Å². The number of hydrogen-bond donors (Lipinski definition) is 0. The van der Waals surface area contributed by atoms with E-state index in [1.54, 1.807) is 18.6 Å². The van der Waals surface area contributed by atoms with Crippen LogP contribution >= 0.6 is 0 Å². The molecule has 0 bridgehead atoms. The second-order valence-corrected chi connectivity index (χ2v) is 6.24. The Balaban J connectivity index is 1.50. The van der Waals surface area contributed by atoms with Gasteiger partial charge < -0.3 is 14.2 Å². The van der Waals surface area contributed by atoms with Crippen LogP contribution in [0.25, 0.3) is 0 Å². The summed E-state index contributed by atoms with van der Waals surface area (Å²) in [6, 6.07) is 3.81. The van der Waals surface area contributed by atoms with Gasteiger partial charge in [0.2, 0.25) is 0 Å². The number of carbonyl (C=O) groups excluding carboxylic acids is 1. The Morgan fingerprint density at radius 3 is 3.04 bits per heavy atom. The average molecular weight is 312 g/mol. The van der Waals surface area contributed by atoms with E-state index in [9.17, 15) is 4.79 Å². The van der Waals surface area contributed by atoms with Gasteiger partial charge in [-0.15, -0.1) is 0 Å². The molecule has 2 aromatic rings. The van der Waals surface area contributed by atoms with E-state index in [0.29, 0.717) is 24.6 Å². The summed E-state index contributed by atoms with van der Waals surface area (Å²) in [6.45, 7) is 2.16. The molecule has 0 aromatic carbocycles. The maximum atomic E-state index is 12.8. The predicted octanol–water partition coefficient (Wildman–Crippen LogP) is 1.60. The molecule has 0 spiro atoms. The van der Waals surface area contributed by atoms with Gasteiger partial charge in [0.25, 0.3) is 5.91 Å². The summed E-state index contributed by atoms with van der Waals surface area (Å²) in [5.74, 6) is 0.498. The topological polar surface area (TPSA) is 60.3 Å². The van der Waals surface area contributed by atoms with Gasteiger partial charge in [-0.2, -0.15) is 0 Å². The van der Waals surface area contributed by atoms with Crippen LogP contribution in [-0.4, -0.2) is 50.6 Å². The zero-order valence-corrected chi connectivity index (χ0v) is 12.9. The Kier molecular flexibility index (Phi) is 3.83. The smallest absolute Gasteiger partial charge is 0.255 e. The standard InChI is InChI=1S/C17H20N4O2/c22-17(13-2-1-5-18-10-13)21-8-9-23-16-14(3-4-15(16)21)11-20-7-6-19-12-20/h1-2,5-7,10,12,14-16H,3-4,8-9,11H2. The number of morpholine rings is 1. The first kappa shape index (κ1) is 14.4. The predicted molar refractivity (Wildman–Crippen MR) is 83.8 cm³/mol. The molecule has 1 aliphatic carbocycles. The third-order valence-electron chi connectivity index (χ3n) is 4.89. The molecule has 0 N–H and O–H groups in total. The summed E-state index contributed by atoms with van der Waals surface area (Å²) in [7, 11) is 0. The first-order valence-electron chi connectivity index (χ1n) is 8.11. The lowest BCUT2D eigenvalue weighted by molar-refractivity contribution is -0.0645. The van der Waals surface area contributed by atoms with E-state index < -0.39 is 0 Å². The summed E-state index contributed by atoms with van der Waals surface area (Å²) in [5.41, 5.74) is 0.659. The number of pyridine rings is 1. The van der Waals surface area contributed by atoms with Crippen LogP contribution in [0, 0.1) is 5.92 Å². The highest BCUT2D eigenvalue weighted by atomic mass is 16.5. The Morgan fingerprint density at radius 1 is 1.30 bits per heavy atom. The number of imidazole rings is 1. The number of fused-ring (bicyclic) bond motifs is 1. The van der Waals surface area contributed by atoms with Crippen LogP contribution in [0.1, 0.15) is 23.2 Å². The van der Waals surface area contributed by atoms with Gasteiger partial charge in [-0.25, -0.2) is 4.98 Å². The van der Waals surface area contributed by atoms with E-state index in [1.165, 1.54) is 0 Å². The Labute approximate surface area is 135 Å². The zero-order chi connectivity index (χ0) is 15.6. The fraction of sp³-hybridized carbons (Fsp3) is 0.471. The molecule has 1 saturated carbocycles. The molecule has 6 nitrogen and oxygen atoms in total. The van der Waals surface area contributed by atoms with E-state index >= 15 is 0 Å². The SMILES string of the molecule is O=C(c1cccnc1)N1CCOC2C(Cn3ccnc3)CCC21. The van der Waals surface area contributed by atoms with Crippen LogP contribution in [0.3, 0.4) is 0 Å². The highest BCUT2D eigenvalue weighted by Crippen LogP contribution is 2.36. The normalized spacial score (nSPS) is 27.0. The summed E-state index contributed by atoms with van der Waals surface area (Å²) in [6.07, 6.45) is 11.1. The lowest BCUT2D eigenvalue weighted by Crippen LogP contribution is -2.53. The summed E-state index contributed by atoms with van der Waals surface area (Å²) >= 11 is 0. The van der Waals surface area contributed by atoms with Crippen LogP contribution in [0.4, 0.5) is 0 Å². The van der Waals surface area contributed by atoms with Gasteiger partial charge in [0.05, 0.1) is 30.6 Å². The third kappa shape index (κ3) is 2.74. The molecule has 23 heavy (non-hydrogen) atoms. The summed E-state index contributed by atoms with van der Waals surface area (Å²) < 4.78 is 8.13. The van der Waals surface area contributed by atoms with E-state index in [1.807, 2.05) is 29.6 Å². The number of carbonyl (C=O) groups is 1. The summed E-state index contributed by atoms with van der Waals surface area (Å²) in [5, 5.41) is 0. The molecule has 120 valence electrons. The fourth-order valence-corrected chi connectivity index (χ4v) is 3.83. The van der Waals surface area contributed by atoms with Crippen molar-refractivity contribution in [3.63, 3.8) is 0 Å². The Morgan fingerprint density at radius 2 is 2.26 bits per heavy atom. The van der Waals surface area contributed by atoms with E-state index in [2.05, 4.69) is 14.5 Å². The average Bonchev–Trinajstić information content (AvgIpc) is 3.25. The highest BCUT2D eigenvalue weighted by Gasteiger charge is 2.44. The van der Waals surface area contributed by atoms with Gasteiger partial charge in [0.15, 0.2) is 0 Å². The largest absolute Gasteiger partial charge is 0.374 e. The lowest BCUT2D eigenvalue weighted by atomic mass is 10.0. The zero-order valence-electron chi connectivity index (χ0n) is 12.9. The minimum Gasteiger partial charge on any atom is -0.374 e. The second kappa shape index (κ2) is 6.12. The first-order chi connectivity index (χ1) is 11.3. The van der Waals surface area contributed by atoms with Crippen molar-refractivity contribution >= 4 is 5.91 Å². The quantitative estimate of drug-likeness (QED) is 0.864. The van der Waals surface area contributed by atoms with Crippen LogP contribution in [0.2, 0.25) is 0 Å². The third-order valence-corrected chi connectivity index (χ3v) is 4.89. The molecule has 2 aromatic heterocycles. The number of rotatable bonds is 3. The highest BCUT2D eigenvalue weighted by molar-refractivity contribution is 5.94. The molecule has 3 heterocycles. The number of ether oxygens (including phenoxy) is 1. The number of hydrogen-bond acceptors (Lipinski definition) is 4. The number of nitrogens with zero attached hydrogens (tertiary/aromatic N) is 4.